The van der Waals surface area contributed by atoms with Crippen molar-refractivity contribution in [1.82, 2.24) is 5.32 Å². The zero-order chi connectivity index (χ0) is 12.1. The average molecular weight is 239 g/mol. The van der Waals surface area contributed by atoms with Crippen molar-refractivity contribution in [1.29, 1.82) is 0 Å². The van der Waals surface area contributed by atoms with Crippen LogP contribution in [-0.4, -0.2) is 32.4 Å². The van der Waals surface area contributed by atoms with Crippen LogP contribution in [-0.2, 0) is 4.74 Å². The molecule has 0 saturated heterocycles. The van der Waals surface area contributed by atoms with Crippen LogP contribution >= 0.6 is 0 Å². The van der Waals surface area contributed by atoms with Crippen molar-refractivity contribution in [3.05, 3.63) is 30.1 Å². The number of hydrogen-bond donors (Lipinski definition) is 1. The summed E-state index contributed by atoms with van der Waals surface area (Å²) in [6.45, 7) is 2.34. The molecule has 0 heterocycles. The molecule has 0 radical (unpaired) electrons. The number of hydrogen-bond acceptors (Lipinski definition) is 3. The molecule has 0 aromatic heterocycles. The fraction of sp³-hybridized carbons (Fsp3) is 0.538. The molecule has 0 atom stereocenters. The Labute approximate surface area is 101 Å². The third kappa shape index (κ3) is 3.68. The second kappa shape index (κ2) is 5.47. The van der Waals surface area contributed by atoms with Crippen LogP contribution in [0.2, 0.25) is 0 Å². The van der Waals surface area contributed by atoms with Gasteiger partial charge >= 0.3 is 0 Å². The molecule has 4 heteroatoms. The van der Waals surface area contributed by atoms with Gasteiger partial charge < -0.3 is 14.8 Å². The standard InChI is InChI=1S/C13H18FNO2/c1-16-9-8-15-10-13(6-7-13)17-12-4-2-11(14)3-5-12/h2-5,15H,6-10H2,1H3. The van der Waals surface area contributed by atoms with Crippen molar-refractivity contribution in [2.24, 2.45) is 0 Å². The van der Waals surface area contributed by atoms with Gasteiger partial charge in [-0.15, -0.1) is 0 Å². The van der Waals surface area contributed by atoms with E-state index in [1.54, 1.807) is 19.2 Å². The predicted molar refractivity (Wildman–Crippen MR) is 63.7 cm³/mol. The highest BCUT2D eigenvalue weighted by Crippen LogP contribution is 2.39. The summed E-state index contributed by atoms with van der Waals surface area (Å²) >= 11 is 0. The van der Waals surface area contributed by atoms with Crippen LogP contribution in [0.4, 0.5) is 4.39 Å². The first kappa shape index (κ1) is 12.3. The maximum atomic E-state index is 12.7. The monoisotopic (exact) mass is 239 g/mol. The average Bonchev–Trinajstić information content (AvgIpc) is 3.08. The van der Waals surface area contributed by atoms with Gasteiger partial charge in [-0.25, -0.2) is 4.39 Å². The molecule has 94 valence electrons. The molecule has 0 unspecified atom stereocenters. The van der Waals surface area contributed by atoms with E-state index in [0.29, 0.717) is 6.61 Å². The zero-order valence-corrected chi connectivity index (χ0v) is 10.0. The summed E-state index contributed by atoms with van der Waals surface area (Å²) in [6.07, 6.45) is 2.09. The summed E-state index contributed by atoms with van der Waals surface area (Å²) in [5.74, 6) is 0.498. The minimum absolute atomic E-state index is 0.0917. The largest absolute Gasteiger partial charge is 0.486 e. The summed E-state index contributed by atoms with van der Waals surface area (Å²) in [4.78, 5) is 0. The molecule has 0 spiro atoms. The fourth-order valence-electron chi connectivity index (χ4n) is 1.70. The van der Waals surface area contributed by atoms with E-state index in [-0.39, 0.29) is 11.4 Å². The normalized spacial score (nSPS) is 16.8. The molecule has 1 aliphatic rings. The first-order valence-electron chi connectivity index (χ1n) is 5.88. The fourth-order valence-corrected chi connectivity index (χ4v) is 1.70. The van der Waals surface area contributed by atoms with Gasteiger partial charge in [0.2, 0.25) is 0 Å². The number of halogens is 1. The smallest absolute Gasteiger partial charge is 0.123 e. The molecule has 2 rings (SSSR count). The number of methoxy groups -OCH3 is 1. The molecule has 1 saturated carbocycles. The highest BCUT2D eigenvalue weighted by Gasteiger charge is 2.45. The van der Waals surface area contributed by atoms with Crippen molar-refractivity contribution in [3.63, 3.8) is 0 Å². The SMILES string of the molecule is COCCNCC1(Oc2ccc(F)cc2)CC1. The van der Waals surface area contributed by atoms with Crippen molar-refractivity contribution < 1.29 is 13.9 Å². The van der Waals surface area contributed by atoms with Crippen LogP contribution in [0.15, 0.2) is 24.3 Å². The van der Waals surface area contributed by atoms with Crippen LogP contribution in [0.25, 0.3) is 0 Å². The van der Waals surface area contributed by atoms with Gasteiger partial charge in [-0.05, 0) is 37.1 Å². The van der Waals surface area contributed by atoms with E-state index in [9.17, 15) is 4.39 Å². The Morgan fingerprint density at radius 2 is 2.00 bits per heavy atom. The maximum absolute atomic E-state index is 12.7. The third-order valence-corrected chi connectivity index (χ3v) is 2.89. The minimum Gasteiger partial charge on any atom is -0.486 e. The second-order valence-corrected chi connectivity index (χ2v) is 4.41. The molecule has 1 aromatic rings. The predicted octanol–water partition coefficient (Wildman–Crippen LogP) is 1.97. The van der Waals surface area contributed by atoms with Gasteiger partial charge in [-0.1, -0.05) is 0 Å². The van der Waals surface area contributed by atoms with Crippen LogP contribution in [0, 0.1) is 5.82 Å². The number of benzene rings is 1. The molecule has 3 nitrogen and oxygen atoms in total. The Hall–Kier alpha value is -1.13. The van der Waals surface area contributed by atoms with Gasteiger partial charge in [0.05, 0.1) is 6.61 Å². The third-order valence-electron chi connectivity index (χ3n) is 2.89. The topological polar surface area (TPSA) is 30.5 Å². The van der Waals surface area contributed by atoms with E-state index in [1.807, 2.05) is 0 Å². The number of ether oxygens (including phenoxy) is 2. The second-order valence-electron chi connectivity index (χ2n) is 4.41. The van der Waals surface area contributed by atoms with Crippen molar-refractivity contribution in [3.8, 4) is 5.75 Å². The van der Waals surface area contributed by atoms with Gasteiger partial charge in [0, 0.05) is 20.2 Å². The van der Waals surface area contributed by atoms with Gasteiger partial charge in [-0.3, -0.25) is 0 Å². The molecule has 1 aliphatic carbocycles. The quantitative estimate of drug-likeness (QED) is 0.738. The molecule has 1 N–H and O–H groups in total. The van der Waals surface area contributed by atoms with E-state index in [4.69, 9.17) is 9.47 Å². The number of rotatable bonds is 7. The van der Waals surface area contributed by atoms with Crippen LogP contribution in [0.5, 0.6) is 5.75 Å². The summed E-state index contributed by atoms with van der Waals surface area (Å²) in [5.41, 5.74) is -0.0917. The van der Waals surface area contributed by atoms with E-state index < -0.39 is 0 Å². The molecule has 1 fully saturated rings. The Kier molecular flexibility index (Phi) is 3.97. The highest BCUT2D eigenvalue weighted by molar-refractivity contribution is 5.24. The Morgan fingerprint density at radius 1 is 1.29 bits per heavy atom. The lowest BCUT2D eigenvalue weighted by atomic mass is 10.3. The number of nitrogens with one attached hydrogen (secondary N) is 1. The maximum Gasteiger partial charge on any atom is 0.123 e. The summed E-state index contributed by atoms with van der Waals surface area (Å²) in [6, 6.07) is 6.18. The van der Waals surface area contributed by atoms with E-state index >= 15 is 0 Å². The van der Waals surface area contributed by atoms with Crippen LogP contribution in [0.1, 0.15) is 12.8 Å². The van der Waals surface area contributed by atoms with E-state index in [1.165, 1.54) is 12.1 Å². The summed E-state index contributed by atoms with van der Waals surface area (Å²) in [7, 11) is 1.68. The van der Waals surface area contributed by atoms with Gasteiger partial charge in [0.15, 0.2) is 0 Å². The first-order chi connectivity index (χ1) is 8.24. The highest BCUT2D eigenvalue weighted by atomic mass is 19.1. The molecule has 1 aromatic carbocycles. The summed E-state index contributed by atoms with van der Waals surface area (Å²) < 4.78 is 23.6. The molecule has 0 bridgehead atoms. The van der Waals surface area contributed by atoms with Crippen molar-refractivity contribution >= 4 is 0 Å². The molecular weight excluding hydrogens is 221 g/mol. The van der Waals surface area contributed by atoms with E-state index in [2.05, 4.69) is 5.32 Å². The lowest BCUT2D eigenvalue weighted by Crippen LogP contribution is -2.34. The Balaban J connectivity index is 1.79. The van der Waals surface area contributed by atoms with Gasteiger partial charge in [-0.2, -0.15) is 0 Å². The van der Waals surface area contributed by atoms with E-state index in [0.717, 1.165) is 31.7 Å². The summed E-state index contributed by atoms with van der Waals surface area (Å²) in [5, 5.41) is 3.30. The van der Waals surface area contributed by atoms with Gasteiger partial charge in [0.1, 0.15) is 17.2 Å². The molecule has 17 heavy (non-hydrogen) atoms. The first-order valence-corrected chi connectivity index (χ1v) is 5.88. The van der Waals surface area contributed by atoms with Crippen LogP contribution < -0.4 is 10.1 Å². The van der Waals surface area contributed by atoms with Gasteiger partial charge in [0.25, 0.3) is 0 Å². The Morgan fingerprint density at radius 3 is 2.59 bits per heavy atom. The van der Waals surface area contributed by atoms with Crippen LogP contribution in [0.3, 0.4) is 0 Å². The zero-order valence-electron chi connectivity index (χ0n) is 10.0. The molecule has 0 amide bonds. The molecule has 0 aliphatic heterocycles. The Bertz CT molecular complexity index is 349. The lowest BCUT2D eigenvalue weighted by molar-refractivity contribution is 0.162. The van der Waals surface area contributed by atoms with Crippen molar-refractivity contribution in [2.75, 3.05) is 26.8 Å². The van der Waals surface area contributed by atoms with Crippen molar-refractivity contribution in [2.45, 2.75) is 18.4 Å². The minimum atomic E-state index is -0.236. The lowest BCUT2D eigenvalue weighted by Gasteiger charge is -2.18. The molecular formula is C13H18FNO2.